The third-order valence-electron chi connectivity index (χ3n) is 10.5. The summed E-state index contributed by atoms with van der Waals surface area (Å²) in [5.74, 6) is -0.598. The summed E-state index contributed by atoms with van der Waals surface area (Å²) in [6, 6.07) is 38.2. The second kappa shape index (κ2) is 14.0. The van der Waals surface area contributed by atoms with Gasteiger partial charge in [0.2, 0.25) is 0 Å². The number of fused-ring (bicyclic) bond motifs is 8. The van der Waals surface area contributed by atoms with Crippen LogP contribution in [-0.2, 0) is 0 Å². The fraction of sp³-hybridized carbons (Fsp3) is 0.0833. The van der Waals surface area contributed by atoms with Crippen molar-refractivity contribution in [3.05, 3.63) is 167 Å². The molecule has 0 radical (unpaired) electrons. The summed E-state index contributed by atoms with van der Waals surface area (Å²) >= 11 is 0. The number of benzene rings is 4. The number of nitrogens with one attached hydrogen (secondary N) is 2. The van der Waals surface area contributed by atoms with E-state index in [2.05, 4.69) is 109 Å². The van der Waals surface area contributed by atoms with E-state index in [0.29, 0.717) is 0 Å². The number of aryl methyl sites for hydroxylation is 2. The highest BCUT2D eigenvalue weighted by Gasteiger charge is 2.21. The van der Waals surface area contributed by atoms with E-state index < -0.39 is 0 Å². The zero-order chi connectivity index (χ0) is 38.5. The summed E-state index contributed by atoms with van der Waals surface area (Å²) in [6.07, 6.45) is 8.18. The molecule has 5 heterocycles. The average Bonchev–Trinajstić information content (AvgIpc) is 4.05. The summed E-state index contributed by atoms with van der Waals surface area (Å²) in [5, 5.41) is 0. The van der Waals surface area contributed by atoms with Crippen LogP contribution in [0.3, 0.4) is 0 Å². The normalized spacial score (nSPS) is 12.0. The van der Waals surface area contributed by atoms with Crippen molar-refractivity contribution < 1.29 is 8.78 Å². The molecule has 0 saturated carbocycles. The topological polar surface area (TPSA) is 63.8 Å². The first-order valence-electron chi connectivity index (χ1n) is 18.5. The molecule has 0 atom stereocenters. The second-order valence-electron chi connectivity index (χ2n) is 14.3. The lowest BCUT2D eigenvalue weighted by molar-refractivity contribution is 0.627. The number of nitrogens with zero attached hydrogens (tertiary/aromatic N) is 4. The number of H-pyrrole nitrogens is 2. The van der Waals surface area contributed by atoms with Crippen molar-refractivity contribution in [2.45, 2.75) is 13.8 Å². The van der Waals surface area contributed by atoms with Crippen LogP contribution in [0.2, 0.25) is 0 Å². The summed E-state index contributed by atoms with van der Waals surface area (Å²) < 4.78 is 28.3. The molecule has 2 aliphatic rings. The van der Waals surface area contributed by atoms with E-state index >= 15 is 0 Å². The van der Waals surface area contributed by atoms with Crippen molar-refractivity contribution in [2.24, 2.45) is 0 Å². The maximum Gasteiger partial charge on any atom is 0.123 e. The van der Waals surface area contributed by atoms with Gasteiger partial charge in [-0.15, -0.1) is 0 Å². The third-order valence-corrected chi connectivity index (χ3v) is 10.5. The monoisotopic (exact) mass is 736 g/mol. The van der Waals surface area contributed by atoms with Crippen LogP contribution in [0.4, 0.5) is 31.5 Å². The second-order valence-corrected chi connectivity index (χ2v) is 14.3. The van der Waals surface area contributed by atoms with E-state index in [1.165, 1.54) is 24.3 Å². The largest absolute Gasteiger partial charge is 0.353 e. The summed E-state index contributed by atoms with van der Waals surface area (Å²) in [4.78, 5) is 22.3. The smallest absolute Gasteiger partial charge is 0.123 e. The minimum Gasteiger partial charge on any atom is -0.353 e. The van der Waals surface area contributed by atoms with Gasteiger partial charge in [0.25, 0.3) is 0 Å². The molecular weight excluding hydrogens is 699 g/mol. The lowest BCUT2D eigenvalue weighted by atomic mass is 10.0. The zero-order valence-corrected chi connectivity index (χ0v) is 31.4. The summed E-state index contributed by atoms with van der Waals surface area (Å²) in [5.41, 5.74) is 15.9. The highest BCUT2D eigenvalue weighted by molar-refractivity contribution is 5.99. The molecule has 8 heteroatoms. The van der Waals surface area contributed by atoms with Crippen molar-refractivity contribution in [2.75, 3.05) is 23.9 Å². The van der Waals surface area contributed by atoms with Crippen LogP contribution in [0.1, 0.15) is 33.9 Å². The Bertz CT molecular complexity index is 2650. The molecule has 56 heavy (non-hydrogen) atoms. The van der Waals surface area contributed by atoms with Gasteiger partial charge in [0, 0.05) is 47.6 Å². The van der Waals surface area contributed by atoms with E-state index in [0.717, 1.165) is 101 Å². The highest BCUT2D eigenvalue weighted by Crippen LogP contribution is 2.40. The maximum absolute atomic E-state index is 14.1. The van der Waals surface area contributed by atoms with Crippen LogP contribution in [0.25, 0.3) is 68.6 Å². The van der Waals surface area contributed by atoms with E-state index in [1.54, 1.807) is 24.3 Å². The summed E-state index contributed by atoms with van der Waals surface area (Å²) in [7, 11) is 3.95. The number of aromatic nitrogens is 4. The van der Waals surface area contributed by atoms with Gasteiger partial charge in [-0.05, 0) is 122 Å². The molecule has 6 nitrogen and oxygen atoms in total. The standard InChI is InChI=1S/C48H38F2N6/c1-29-5-9-31(10-6-29)45-37-21-25-41(51-37)47(55(3)35-17-13-33(49)14-18-35)43-27-23-39(53-43)46(32-11-7-30(2)8-12-32)40-24-28-44(54-40)48(42-26-22-38(45)52-42)56(4)36-19-15-34(50)16-20-36/h5-28,51,54H,1-4H3. The quantitative estimate of drug-likeness (QED) is 0.178. The first-order chi connectivity index (χ1) is 27.2. The Morgan fingerprint density at radius 2 is 0.750 bits per heavy atom. The number of anilines is 4. The van der Waals surface area contributed by atoms with Crippen LogP contribution in [-0.4, -0.2) is 34.0 Å². The molecule has 274 valence electrons. The minimum atomic E-state index is -0.299. The Balaban J connectivity index is 1.43. The van der Waals surface area contributed by atoms with Gasteiger partial charge in [-0.2, -0.15) is 0 Å². The molecule has 0 spiro atoms. The fourth-order valence-electron chi connectivity index (χ4n) is 7.52. The molecule has 0 fully saturated rings. The Hall–Kier alpha value is -7.06. The fourth-order valence-corrected chi connectivity index (χ4v) is 7.52. The lowest BCUT2D eigenvalue weighted by Crippen LogP contribution is -2.11. The first-order valence-corrected chi connectivity index (χ1v) is 18.5. The van der Waals surface area contributed by atoms with Gasteiger partial charge >= 0.3 is 0 Å². The predicted molar refractivity (Wildman–Crippen MR) is 228 cm³/mol. The van der Waals surface area contributed by atoms with E-state index in [9.17, 15) is 8.78 Å². The van der Waals surface area contributed by atoms with Crippen molar-refractivity contribution in [1.29, 1.82) is 0 Å². The van der Waals surface area contributed by atoms with Crippen LogP contribution >= 0.6 is 0 Å². The van der Waals surface area contributed by atoms with Crippen LogP contribution in [0.15, 0.2) is 121 Å². The number of aromatic amines is 2. The third kappa shape index (κ3) is 6.35. The van der Waals surface area contributed by atoms with Crippen molar-refractivity contribution in [3.8, 4) is 22.3 Å². The molecule has 2 aliphatic heterocycles. The van der Waals surface area contributed by atoms with Gasteiger partial charge in [0.05, 0.1) is 45.2 Å². The Morgan fingerprint density at radius 3 is 1.12 bits per heavy atom. The molecule has 3 aromatic heterocycles. The predicted octanol–water partition coefficient (Wildman–Crippen LogP) is 12.4. The SMILES string of the molecule is Cc1ccc(-c2c3nc(c(N(C)c4ccc(F)cc4)c4ccc([nH]4)c(-c4ccc(C)cc4)c4nc(c(N(C)c5ccc(F)cc5)c5ccc2[nH]5)C=C4)C=C3)cc1. The van der Waals surface area contributed by atoms with Crippen LogP contribution in [0, 0.1) is 25.5 Å². The molecule has 2 N–H and O–H groups in total. The van der Waals surface area contributed by atoms with Crippen LogP contribution < -0.4 is 9.80 Å². The number of hydrogen-bond donors (Lipinski definition) is 2. The van der Waals surface area contributed by atoms with Gasteiger partial charge in [-0.1, -0.05) is 59.7 Å². The zero-order valence-electron chi connectivity index (χ0n) is 31.4. The molecule has 0 aliphatic carbocycles. The highest BCUT2D eigenvalue weighted by atomic mass is 19.1. The van der Waals surface area contributed by atoms with Gasteiger partial charge < -0.3 is 19.8 Å². The van der Waals surface area contributed by atoms with Crippen molar-refractivity contribution in [3.63, 3.8) is 0 Å². The number of hydrogen-bond acceptors (Lipinski definition) is 4. The average molecular weight is 737 g/mol. The minimum absolute atomic E-state index is 0.299. The van der Waals surface area contributed by atoms with E-state index in [-0.39, 0.29) is 11.6 Å². The number of rotatable bonds is 6. The molecule has 0 unspecified atom stereocenters. The van der Waals surface area contributed by atoms with Crippen LogP contribution in [0.5, 0.6) is 0 Å². The molecule has 7 aromatic rings. The lowest BCUT2D eigenvalue weighted by Gasteiger charge is -2.20. The molecule has 0 saturated heterocycles. The Labute approximate surface area is 323 Å². The first kappa shape index (κ1) is 34.7. The molecule has 9 rings (SSSR count). The molecule has 8 bridgehead atoms. The van der Waals surface area contributed by atoms with E-state index in [1.807, 2.05) is 36.0 Å². The Morgan fingerprint density at radius 1 is 0.411 bits per heavy atom. The molecular formula is C48H38F2N6. The summed E-state index contributed by atoms with van der Waals surface area (Å²) in [6.45, 7) is 4.15. The number of halogens is 2. The van der Waals surface area contributed by atoms with Gasteiger partial charge in [0.1, 0.15) is 11.6 Å². The van der Waals surface area contributed by atoms with Crippen molar-refractivity contribution >= 4 is 69.1 Å². The molecule has 4 aromatic carbocycles. The van der Waals surface area contributed by atoms with Gasteiger partial charge in [0.15, 0.2) is 0 Å². The van der Waals surface area contributed by atoms with Gasteiger partial charge in [-0.25, -0.2) is 18.7 Å². The molecule has 0 amide bonds. The van der Waals surface area contributed by atoms with Gasteiger partial charge in [-0.3, -0.25) is 0 Å². The van der Waals surface area contributed by atoms with Crippen molar-refractivity contribution in [1.82, 2.24) is 19.9 Å². The Kier molecular flexibility index (Phi) is 8.66. The maximum atomic E-state index is 14.1. The van der Waals surface area contributed by atoms with E-state index in [4.69, 9.17) is 9.97 Å².